The fourth-order valence-corrected chi connectivity index (χ4v) is 2.87. The van der Waals surface area contributed by atoms with Gasteiger partial charge in [-0.15, -0.1) is 0 Å². The number of nitrogens with zero attached hydrogens (tertiary/aromatic N) is 3. The largest absolute Gasteiger partial charge is 0.383 e. The summed E-state index contributed by atoms with van der Waals surface area (Å²) in [5.74, 6) is 0.380. The fourth-order valence-electron chi connectivity index (χ4n) is 2.87. The summed E-state index contributed by atoms with van der Waals surface area (Å²) in [5, 5.41) is 2.62. The number of aromatic nitrogens is 1. The number of ether oxygens (including phenoxy) is 1. The number of carbonyl (C=O) groups excluding carboxylic acids is 3. The van der Waals surface area contributed by atoms with E-state index in [1.165, 1.54) is 26.0 Å². The van der Waals surface area contributed by atoms with Gasteiger partial charge in [0.15, 0.2) is 0 Å². The summed E-state index contributed by atoms with van der Waals surface area (Å²) in [5.41, 5.74) is 7.32. The Labute approximate surface area is 208 Å². The molecule has 0 bridgehead atoms. The number of hydrogen-bond donors (Lipinski definition) is 2. The van der Waals surface area contributed by atoms with Crippen LogP contribution in [0.15, 0.2) is 48.7 Å². The smallest absolute Gasteiger partial charge is 0.221 e. The summed E-state index contributed by atoms with van der Waals surface area (Å²) >= 11 is 0. The van der Waals surface area contributed by atoms with Gasteiger partial charge < -0.3 is 25.6 Å². The molecule has 1 aromatic carbocycles. The van der Waals surface area contributed by atoms with Gasteiger partial charge in [-0.3, -0.25) is 14.4 Å². The van der Waals surface area contributed by atoms with Crippen LogP contribution in [0.3, 0.4) is 0 Å². The average Bonchev–Trinajstić information content (AvgIpc) is 3.61. The van der Waals surface area contributed by atoms with Crippen LogP contribution >= 0.6 is 0 Å². The molecule has 0 radical (unpaired) electrons. The maximum absolute atomic E-state index is 10.6. The number of nitrogens with one attached hydrogen (secondary N) is 1. The van der Waals surface area contributed by atoms with Crippen LogP contribution < -0.4 is 11.1 Å². The number of anilines is 2. The lowest BCUT2D eigenvalue weighted by Gasteiger charge is -2.35. The molecule has 1 aliphatic heterocycles. The monoisotopic (exact) mass is 485 g/mol. The summed E-state index contributed by atoms with van der Waals surface area (Å²) in [6.45, 7) is 9.33. The molecule has 1 aliphatic carbocycles. The predicted molar refractivity (Wildman–Crippen MR) is 139 cm³/mol. The molecule has 3 N–H and O–H groups in total. The number of pyridine rings is 1. The number of carbonyl (C=O) groups is 3. The topological polar surface area (TPSA) is 118 Å². The van der Waals surface area contributed by atoms with E-state index < -0.39 is 0 Å². The number of hydrogen-bond acceptors (Lipinski definition) is 6. The van der Waals surface area contributed by atoms with E-state index in [4.69, 9.17) is 10.5 Å². The van der Waals surface area contributed by atoms with Crippen molar-refractivity contribution in [2.45, 2.75) is 52.2 Å². The zero-order valence-electron chi connectivity index (χ0n) is 21.4. The van der Waals surface area contributed by atoms with Crippen molar-refractivity contribution in [1.82, 2.24) is 14.8 Å². The molecule has 2 heterocycles. The molecule has 1 saturated heterocycles. The minimum atomic E-state index is -0.110. The number of rotatable bonds is 4. The van der Waals surface area contributed by atoms with E-state index in [0.29, 0.717) is 36.7 Å². The predicted octanol–water partition coefficient (Wildman–Crippen LogP) is 3.11. The van der Waals surface area contributed by atoms with Crippen molar-refractivity contribution in [3.63, 3.8) is 0 Å². The highest BCUT2D eigenvalue weighted by Gasteiger charge is 2.36. The van der Waals surface area contributed by atoms with Gasteiger partial charge in [-0.2, -0.15) is 0 Å². The number of nitrogen functional groups attached to an aromatic ring is 1. The lowest BCUT2D eigenvalue weighted by atomic mass is 10.2. The normalized spacial score (nSPS) is 17.1. The van der Waals surface area contributed by atoms with Crippen LogP contribution in [0.5, 0.6) is 0 Å². The lowest BCUT2D eigenvalue weighted by Crippen LogP contribution is -2.50. The van der Waals surface area contributed by atoms with Crippen molar-refractivity contribution >= 4 is 30.2 Å². The van der Waals surface area contributed by atoms with Gasteiger partial charge in [0.2, 0.25) is 18.7 Å². The van der Waals surface area contributed by atoms with E-state index in [1.807, 2.05) is 50.2 Å². The van der Waals surface area contributed by atoms with Crippen LogP contribution in [0.4, 0.5) is 11.5 Å². The van der Waals surface area contributed by atoms with Gasteiger partial charge in [0.1, 0.15) is 5.82 Å². The molecular formula is C26H39N5O4. The third-order valence-electron chi connectivity index (χ3n) is 5.55. The molecule has 2 fully saturated rings. The zero-order valence-corrected chi connectivity index (χ0v) is 21.4. The highest BCUT2D eigenvalue weighted by molar-refractivity contribution is 5.88. The average molecular weight is 486 g/mol. The molecule has 1 unspecified atom stereocenters. The summed E-state index contributed by atoms with van der Waals surface area (Å²) in [6.07, 6.45) is 5.71. The molecule has 1 saturated carbocycles. The Morgan fingerprint density at radius 3 is 2.06 bits per heavy atom. The third-order valence-corrected chi connectivity index (χ3v) is 5.55. The Morgan fingerprint density at radius 1 is 1.14 bits per heavy atom. The summed E-state index contributed by atoms with van der Waals surface area (Å²) in [7, 11) is 1.77. The number of aryl methyl sites for hydroxylation is 1. The van der Waals surface area contributed by atoms with Crippen LogP contribution in [-0.2, 0) is 19.1 Å². The van der Waals surface area contributed by atoms with E-state index in [-0.39, 0.29) is 11.9 Å². The standard InChI is InChI=1S/C8H11N3O.C7H12N2O2.C6H6.C5H10O/c1-5-3-7(11-6(2)12)4-10-8(5)9;1-7-4-8(5-10)2-3-9(7)6-11;1-2-4-6-5-3-1;1-5(6-2)3-4-5/h3-4H,1-2H3,(H2,9,10)(H,11,12);5-7H,2-4H2,1H3;1-6H;3-4H2,1-2H3. The van der Waals surface area contributed by atoms with E-state index in [2.05, 4.69) is 17.2 Å². The van der Waals surface area contributed by atoms with Gasteiger partial charge in [-0.25, -0.2) is 4.98 Å². The summed E-state index contributed by atoms with van der Waals surface area (Å²) in [4.78, 5) is 38.6. The van der Waals surface area contributed by atoms with Crippen molar-refractivity contribution < 1.29 is 19.1 Å². The summed E-state index contributed by atoms with van der Waals surface area (Å²) in [6, 6.07) is 13.9. The third kappa shape index (κ3) is 12.5. The van der Waals surface area contributed by atoms with Crippen LogP contribution in [0, 0.1) is 6.92 Å². The Hall–Kier alpha value is -3.46. The zero-order chi connectivity index (χ0) is 26.3. The Kier molecular flexibility index (Phi) is 13.0. The van der Waals surface area contributed by atoms with Crippen LogP contribution in [0.25, 0.3) is 0 Å². The summed E-state index contributed by atoms with van der Waals surface area (Å²) < 4.78 is 5.05. The molecule has 4 rings (SSSR count). The Morgan fingerprint density at radius 2 is 1.71 bits per heavy atom. The first-order chi connectivity index (χ1) is 16.6. The van der Waals surface area contributed by atoms with E-state index >= 15 is 0 Å². The second-order valence-electron chi connectivity index (χ2n) is 8.71. The van der Waals surface area contributed by atoms with Crippen molar-refractivity contribution in [3.05, 3.63) is 54.2 Å². The second kappa shape index (κ2) is 15.4. The van der Waals surface area contributed by atoms with Gasteiger partial charge >= 0.3 is 0 Å². The molecule has 192 valence electrons. The molecule has 3 amide bonds. The van der Waals surface area contributed by atoms with Crippen molar-refractivity contribution in [2.75, 3.05) is 37.8 Å². The van der Waals surface area contributed by atoms with Crippen LogP contribution in [0.1, 0.15) is 39.2 Å². The highest BCUT2D eigenvalue weighted by atomic mass is 16.5. The number of methoxy groups -OCH3 is 1. The molecule has 1 aromatic heterocycles. The number of piperazine rings is 1. The van der Waals surface area contributed by atoms with Gasteiger partial charge in [0.25, 0.3) is 0 Å². The maximum atomic E-state index is 10.6. The van der Waals surface area contributed by atoms with E-state index in [1.54, 1.807) is 23.0 Å². The second-order valence-corrected chi connectivity index (χ2v) is 8.71. The molecule has 2 aliphatic rings. The van der Waals surface area contributed by atoms with E-state index in [0.717, 1.165) is 18.4 Å². The fraction of sp³-hybridized carbons (Fsp3) is 0.462. The van der Waals surface area contributed by atoms with Crippen LogP contribution in [-0.4, -0.2) is 71.9 Å². The van der Waals surface area contributed by atoms with Crippen molar-refractivity contribution in [1.29, 1.82) is 0 Å². The van der Waals surface area contributed by atoms with Gasteiger partial charge in [0, 0.05) is 39.7 Å². The Balaban J connectivity index is 0.000000244. The van der Waals surface area contributed by atoms with Crippen LogP contribution in [0.2, 0.25) is 0 Å². The SMILES string of the molecule is CC(=O)Nc1cnc(N)c(C)c1.CC1CN(C=O)CCN1C=O.COC1(C)CC1.c1ccccc1. The molecular weight excluding hydrogens is 446 g/mol. The minimum absolute atomic E-state index is 0.110. The van der Waals surface area contributed by atoms with Crippen molar-refractivity contribution in [3.8, 4) is 0 Å². The number of nitrogens with two attached hydrogens (primary N) is 1. The first-order valence-electron chi connectivity index (χ1n) is 11.6. The van der Waals surface area contributed by atoms with Crippen molar-refractivity contribution in [2.24, 2.45) is 0 Å². The first-order valence-corrected chi connectivity index (χ1v) is 11.6. The maximum Gasteiger partial charge on any atom is 0.221 e. The lowest BCUT2D eigenvalue weighted by molar-refractivity contribution is -0.128. The molecule has 9 heteroatoms. The molecule has 35 heavy (non-hydrogen) atoms. The Bertz CT molecular complexity index is 879. The quantitative estimate of drug-likeness (QED) is 0.643. The van der Waals surface area contributed by atoms with Gasteiger partial charge in [0.05, 0.1) is 17.5 Å². The molecule has 9 nitrogen and oxygen atoms in total. The van der Waals surface area contributed by atoms with E-state index in [9.17, 15) is 14.4 Å². The van der Waals surface area contributed by atoms with Gasteiger partial charge in [-0.05, 0) is 45.2 Å². The molecule has 1 atom stereocenters. The highest BCUT2D eigenvalue weighted by Crippen LogP contribution is 2.37. The molecule has 2 aromatic rings. The number of benzene rings is 1. The minimum Gasteiger partial charge on any atom is -0.383 e. The number of amides is 3. The first kappa shape index (κ1) is 29.6. The molecule has 0 spiro atoms. The van der Waals surface area contributed by atoms with Gasteiger partial charge in [-0.1, -0.05) is 36.4 Å².